The molecule has 0 aromatic rings. The van der Waals surface area contributed by atoms with Gasteiger partial charge < -0.3 is 4.74 Å². The molecule has 0 heterocycles. The first-order valence-corrected chi connectivity index (χ1v) is 11.5. The maximum atomic E-state index is 12.6. The highest BCUT2D eigenvalue weighted by molar-refractivity contribution is 5.80. The molecule has 3 fully saturated rings. The van der Waals surface area contributed by atoms with E-state index in [2.05, 4.69) is 33.8 Å². The second kappa shape index (κ2) is 6.71. The number of ketones is 1. The molecule has 0 radical (unpaired) electrons. The largest absolute Gasteiger partial charge is 0.462 e. The maximum absolute atomic E-state index is 12.6. The second-order valence-corrected chi connectivity index (χ2v) is 11.0. The Hall–Kier alpha value is -1.12. The minimum Gasteiger partial charge on any atom is -0.462 e. The lowest BCUT2D eigenvalue weighted by Gasteiger charge is -2.58. The monoisotopic (exact) mass is 386 g/mol. The van der Waals surface area contributed by atoms with E-state index >= 15 is 0 Å². The zero-order chi connectivity index (χ0) is 20.4. The molecule has 4 aliphatic carbocycles. The average molecular weight is 387 g/mol. The summed E-state index contributed by atoms with van der Waals surface area (Å²) >= 11 is 0. The number of ether oxygens (including phenoxy) is 1. The van der Waals surface area contributed by atoms with Gasteiger partial charge in [0.25, 0.3) is 0 Å². The molecule has 28 heavy (non-hydrogen) atoms. The number of hydrogen-bond acceptors (Lipinski definition) is 3. The Morgan fingerprint density at radius 2 is 1.79 bits per heavy atom. The number of allylic oxidation sites excluding steroid dienone is 1. The van der Waals surface area contributed by atoms with Crippen LogP contribution in [-0.2, 0) is 14.3 Å². The van der Waals surface area contributed by atoms with Crippen molar-refractivity contribution >= 4 is 11.8 Å². The van der Waals surface area contributed by atoms with Crippen LogP contribution in [-0.4, -0.2) is 17.9 Å². The predicted molar refractivity (Wildman–Crippen MR) is 111 cm³/mol. The zero-order valence-electron chi connectivity index (χ0n) is 18.6. The van der Waals surface area contributed by atoms with Crippen molar-refractivity contribution in [1.82, 2.24) is 0 Å². The van der Waals surface area contributed by atoms with E-state index in [1.54, 1.807) is 0 Å². The molecule has 4 rings (SSSR count). The third-order valence-corrected chi connectivity index (χ3v) is 9.76. The summed E-state index contributed by atoms with van der Waals surface area (Å²) in [6.07, 6.45) is 9.17. The Balaban J connectivity index is 1.64. The minimum atomic E-state index is -0.152. The molecule has 0 bridgehead atoms. The van der Waals surface area contributed by atoms with Crippen LogP contribution >= 0.6 is 0 Å². The van der Waals surface area contributed by atoms with E-state index in [1.807, 2.05) is 6.92 Å². The maximum Gasteiger partial charge on any atom is 0.302 e. The van der Waals surface area contributed by atoms with Crippen LogP contribution in [0.25, 0.3) is 0 Å². The normalized spacial score (nSPS) is 50.1. The van der Waals surface area contributed by atoms with Gasteiger partial charge in [0.15, 0.2) is 0 Å². The van der Waals surface area contributed by atoms with Gasteiger partial charge in [-0.3, -0.25) is 9.59 Å². The molecule has 0 N–H and O–H groups in total. The van der Waals surface area contributed by atoms with E-state index in [0.717, 1.165) is 25.7 Å². The number of fused-ring (bicyclic) bond motifs is 5. The molecule has 0 amide bonds. The SMILES string of the molecule is CC(=O)O[C@H]1CC[C@@]2(C)C(=CCC3C2CC[C@@]2(C)C3[C@@H](C)[C@@H](C)[C@@H]2C(C)=O)C1. The van der Waals surface area contributed by atoms with Crippen LogP contribution in [0, 0.1) is 46.3 Å². The molecule has 3 unspecified atom stereocenters. The predicted octanol–water partition coefficient (Wildman–Crippen LogP) is 5.58. The van der Waals surface area contributed by atoms with Gasteiger partial charge >= 0.3 is 5.97 Å². The number of esters is 1. The number of rotatable bonds is 2. The van der Waals surface area contributed by atoms with Crippen molar-refractivity contribution in [3.05, 3.63) is 11.6 Å². The van der Waals surface area contributed by atoms with Crippen molar-refractivity contribution < 1.29 is 14.3 Å². The van der Waals surface area contributed by atoms with Crippen molar-refractivity contribution in [2.45, 2.75) is 86.2 Å². The molecule has 0 aromatic heterocycles. The molecule has 0 saturated heterocycles. The highest BCUT2D eigenvalue weighted by Crippen LogP contribution is 2.68. The highest BCUT2D eigenvalue weighted by atomic mass is 16.5. The van der Waals surface area contributed by atoms with Crippen molar-refractivity contribution in [3.8, 4) is 0 Å². The van der Waals surface area contributed by atoms with Gasteiger partial charge in [-0.2, -0.15) is 0 Å². The van der Waals surface area contributed by atoms with Gasteiger partial charge in [-0.25, -0.2) is 0 Å². The fraction of sp³-hybridized carbons (Fsp3) is 0.840. The Morgan fingerprint density at radius 1 is 1.07 bits per heavy atom. The number of carbonyl (C=O) groups excluding carboxylic acids is 2. The van der Waals surface area contributed by atoms with Gasteiger partial charge in [-0.1, -0.05) is 39.3 Å². The summed E-state index contributed by atoms with van der Waals surface area (Å²) in [7, 11) is 0. The smallest absolute Gasteiger partial charge is 0.302 e. The third kappa shape index (κ3) is 2.75. The molecule has 4 aliphatic rings. The van der Waals surface area contributed by atoms with E-state index in [1.165, 1.54) is 25.3 Å². The number of hydrogen-bond donors (Lipinski definition) is 0. The summed E-state index contributed by atoms with van der Waals surface area (Å²) < 4.78 is 5.56. The molecule has 156 valence electrons. The van der Waals surface area contributed by atoms with Gasteiger partial charge in [-0.05, 0) is 79.4 Å². The lowest BCUT2D eigenvalue weighted by molar-refractivity contribution is -0.149. The van der Waals surface area contributed by atoms with E-state index in [0.29, 0.717) is 35.4 Å². The second-order valence-electron chi connectivity index (χ2n) is 11.0. The fourth-order valence-corrected chi connectivity index (χ4v) is 8.66. The molecule has 0 aromatic carbocycles. The van der Waals surface area contributed by atoms with Gasteiger partial charge in [0.05, 0.1) is 0 Å². The Labute approximate surface area is 170 Å². The molecule has 3 heteroatoms. The summed E-state index contributed by atoms with van der Waals surface area (Å²) in [5, 5.41) is 0. The van der Waals surface area contributed by atoms with Gasteiger partial charge in [0.1, 0.15) is 11.9 Å². The molecule has 9 atom stereocenters. The lowest BCUT2D eigenvalue weighted by atomic mass is 9.46. The topological polar surface area (TPSA) is 43.4 Å². The van der Waals surface area contributed by atoms with Crippen LogP contribution in [0.3, 0.4) is 0 Å². The summed E-state index contributed by atoms with van der Waals surface area (Å²) in [4.78, 5) is 24.0. The van der Waals surface area contributed by atoms with Crippen LogP contribution in [0.5, 0.6) is 0 Å². The van der Waals surface area contributed by atoms with Crippen LogP contribution in [0.4, 0.5) is 0 Å². The van der Waals surface area contributed by atoms with E-state index in [9.17, 15) is 9.59 Å². The third-order valence-electron chi connectivity index (χ3n) is 9.76. The van der Waals surface area contributed by atoms with E-state index in [-0.39, 0.29) is 28.8 Å². The summed E-state index contributed by atoms with van der Waals surface area (Å²) in [5.74, 6) is 3.64. The van der Waals surface area contributed by atoms with Crippen LogP contribution in [0.2, 0.25) is 0 Å². The van der Waals surface area contributed by atoms with E-state index < -0.39 is 0 Å². The molecular formula is C25H38O3. The summed E-state index contributed by atoms with van der Waals surface area (Å²) in [6, 6.07) is 0. The van der Waals surface area contributed by atoms with Gasteiger partial charge in [0, 0.05) is 19.3 Å². The molecule has 0 spiro atoms. The van der Waals surface area contributed by atoms with Crippen LogP contribution < -0.4 is 0 Å². The van der Waals surface area contributed by atoms with Crippen molar-refractivity contribution in [1.29, 1.82) is 0 Å². The lowest BCUT2D eigenvalue weighted by Crippen LogP contribution is -2.51. The molecule has 0 aliphatic heterocycles. The Morgan fingerprint density at radius 3 is 2.43 bits per heavy atom. The first kappa shape index (κ1) is 20.2. The van der Waals surface area contributed by atoms with Crippen molar-refractivity contribution in [2.75, 3.05) is 0 Å². The zero-order valence-corrected chi connectivity index (χ0v) is 18.6. The van der Waals surface area contributed by atoms with Gasteiger partial charge in [-0.15, -0.1) is 0 Å². The van der Waals surface area contributed by atoms with Crippen LogP contribution in [0.1, 0.15) is 80.1 Å². The standard InChI is InChI=1S/C25H38O3/c1-14-15(2)23-20-8-7-18-13-19(28-17(4)27)9-11-24(18,5)21(20)10-12-25(23,6)22(14)16(3)26/h7,14-15,19-23H,8-13H2,1-6H3/t14-,15+,19+,20?,21?,22-,23?,24+,25-/m1/s1. The highest BCUT2D eigenvalue weighted by Gasteiger charge is 2.63. The molecular weight excluding hydrogens is 348 g/mol. The van der Waals surface area contributed by atoms with E-state index in [4.69, 9.17) is 4.74 Å². The Bertz CT molecular complexity index is 709. The first-order valence-electron chi connectivity index (χ1n) is 11.5. The van der Waals surface area contributed by atoms with Gasteiger partial charge in [0.2, 0.25) is 0 Å². The Kier molecular flexibility index (Phi) is 4.83. The van der Waals surface area contributed by atoms with Crippen molar-refractivity contribution in [2.24, 2.45) is 46.3 Å². The number of Topliss-reactive ketones (excluding diaryl/α,β-unsaturated/α-hetero) is 1. The first-order chi connectivity index (χ1) is 13.1. The average Bonchev–Trinajstić information content (AvgIpc) is 2.81. The molecule has 3 saturated carbocycles. The molecule has 3 nitrogen and oxygen atoms in total. The minimum absolute atomic E-state index is 0.0646. The fourth-order valence-electron chi connectivity index (χ4n) is 8.66. The summed E-state index contributed by atoms with van der Waals surface area (Å²) in [6.45, 7) is 13.0. The van der Waals surface area contributed by atoms with Crippen LogP contribution in [0.15, 0.2) is 11.6 Å². The number of carbonyl (C=O) groups is 2. The summed E-state index contributed by atoms with van der Waals surface area (Å²) in [5.41, 5.74) is 1.96. The quantitative estimate of drug-likeness (QED) is 0.460. The van der Waals surface area contributed by atoms with Crippen molar-refractivity contribution in [3.63, 3.8) is 0 Å².